The van der Waals surface area contributed by atoms with Crippen molar-refractivity contribution in [3.05, 3.63) is 52.0 Å². The number of thiophene rings is 1. The first-order valence-electron chi connectivity index (χ1n) is 8.99. The Morgan fingerprint density at radius 3 is 2.78 bits per heavy atom. The maximum Gasteiger partial charge on any atom is 0.254 e. The van der Waals surface area contributed by atoms with E-state index >= 15 is 0 Å². The fourth-order valence-electron chi connectivity index (χ4n) is 3.98. The molecule has 142 valence electrons. The minimum atomic E-state index is -0.362. The van der Waals surface area contributed by atoms with Gasteiger partial charge in [0.2, 0.25) is 5.91 Å². The number of likely N-dealkylation sites (N-methyl/N-ethyl adjacent to an activating group) is 1. The summed E-state index contributed by atoms with van der Waals surface area (Å²) < 4.78 is 13.9. The third-order valence-electron chi connectivity index (χ3n) is 5.79. The zero-order chi connectivity index (χ0) is 19.2. The van der Waals surface area contributed by atoms with Crippen molar-refractivity contribution in [1.82, 2.24) is 9.80 Å². The summed E-state index contributed by atoms with van der Waals surface area (Å²) in [4.78, 5) is 31.1. The van der Waals surface area contributed by atoms with E-state index in [1.807, 2.05) is 28.8 Å². The monoisotopic (exact) mass is 387 g/mol. The number of nitrogens with zero attached hydrogens (tertiary/aromatic N) is 3. The van der Waals surface area contributed by atoms with Gasteiger partial charge in [-0.2, -0.15) is 11.3 Å². The van der Waals surface area contributed by atoms with Crippen LogP contribution in [0.1, 0.15) is 22.3 Å². The van der Waals surface area contributed by atoms with Crippen molar-refractivity contribution in [3.8, 4) is 0 Å². The van der Waals surface area contributed by atoms with Gasteiger partial charge in [0.25, 0.3) is 5.91 Å². The topological polar surface area (TPSA) is 43.9 Å². The number of rotatable bonds is 2. The van der Waals surface area contributed by atoms with Crippen molar-refractivity contribution in [2.75, 3.05) is 38.1 Å². The molecule has 1 spiro atoms. The van der Waals surface area contributed by atoms with Gasteiger partial charge in [0.1, 0.15) is 5.82 Å². The third-order valence-corrected chi connectivity index (χ3v) is 6.46. The number of carbonyl (C=O) groups excluding carboxylic acids is 2. The molecule has 2 aromatic rings. The van der Waals surface area contributed by atoms with Crippen LogP contribution in [0.2, 0.25) is 0 Å². The summed E-state index contributed by atoms with van der Waals surface area (Å²) in [6, 6.07) is 6.58. The van der Waals surface area contributed by atoms with Crippen LogP contribution in [0.3, 0.4) is 0 Å². The molecule has 0 radical (unpaired) electrons. The minimum Gasteiger partial charge on any atom is -0.337 e. The molecule has 1 aromatic carbocycles. The summed E-state index contributed by atoms with van der Waals surface area (Å²) in [5, 5.41) is 3.94. The summed E-state index contributed by atoms with van der Waals surface area (Å²) in [7, 11) is 1.95. The Hall–Kier alpha value is -2.25. The summed E-state index contributed by atoms with van der Waals surface area (Å²) in [6.07, 6.45) is 0.789. The highest BCUT2D eigenvalue weighted by molar-refractivity contribution is 7.08. The molecule has 4 rings (SSSR count). The second-order valence-electron chi connectivity index (χ2n) is 7.48. The zero-order valence-electron chi connectivity index (χ0n) is 15.4. The normalized spacial score (nSPS) is 23.4. The third kappa shape index (κ3) is 3.15. The van der Waals surface area contributed by atoms with Gasteiger partial charge in [-0.25, -0.2) is 4.39 Å². The predicted molar refractivity (Wildman–Crippen MR) is 104 cm³/mol. The fourth-order valence-corrected chi connectivity index (χ4v) is 4.63. The number of piperazine rings is 1. The Balaban J connectivity index is 1.55. The molecule has 27 heavy (non-hydrogen) atoms. The molecule has 3 heterocycles. The summed E-state index contributed by atoms with van der Waals surface area (Å²) in [5.41, 5.74) is 1.55. The molecule has 0 N–H and O–H groups in total. The van der Waals surface area contributed by atoms with E-state index in [1.165, 1.54) is 6.07 Å². The van der Waals surface area contributed by atoms with Gasteiger partial charge in [-0.3, -0.25) is 14.5 Å². The van der Waals surface area contributed by atoms with Gasteiger partial charge in [-0.05, 0) is 49.5 Å². The van der Waals surface area contributed by atoms with Gasteiger partial charge in [0.15, 0.2) is 0 Å². The lowest BCUT2D eigenvalue weighted by Gasteiger charge is -2.46. The van der Waals surface area contributed by atoms with Crippen LogP contribution >= 0.6 is 11.3 Å². The van der Waals surface area contributed by atoms with Crippen molar-refractivity contribution >= 4 is 28.8 Å². The number of carbonyl (C=O) groups is 2. The average Bonchev–Trinajstić information content (AvgIpc) is 3.31. The van der Waals surface area contributed by atoms with E-state index in [9.17, 15) is 14.0 Å². The summed E-state index contributed by atoms with van der Waals surface area (Å²) in [5.74, 6) is -0.441. The summed E-state index contributed by atoms with van der Waals surface area (Å²) in [6.45, 7) is 3.71. The highest BCUT2D eigenvalue weighted by Crippen LogP contribution is 2.34. The first kappa shape index (κ1) is 18.1. The van der Waals surface area contributed by atoms with Gasteiger partial charge >= 0.3 is 0 Å². The lowest BCUT2D eigenvalue weighted by Crippen LogP contribution is -2.64. The number of likely N-dealkylation sites (tertiary alicyclic amines) is 1. The Morgan fingerprint density at radius 2 is 2.07 bits per heavy atom. The Labute approximate surface area is 162 Å². The number of hydrogen-bond acceptors (Lipinski definition) is 4. The molecule has 7 heteroatoms. The van der Waals surface area contributed by atoms with Crippen LogP contribution in [0.15, 0.2) is 35.0 Å². The summed E-state index contributed by atoms with van der Waals surface area (Å²) >= 11 is 1.56. The van der Waals surface area contributed by atoms with Crippen molar-refractivity contribution in [1.29, 1.82) is 0 Å². The highest BCUT2D eigenvalue weighted by Gasteiger charge is 2.48. The maximum atomic E-state index is 13.9. The minimum absolute atomic E-state index is 0.0758. The maximum absolute atomic E-state index is 13.9. The number of benzene rings is 1. The van der Waals surface area contributed by atoms with Gasteiger partial charge in [0.05, 0.1) is 17.8 Å². The number of anilines is 1. The van der Waals surface area contributed by atoms with Crippen LogP contribution in [-0.2, 0) is 4.79 Å². The van der Waals surface area contributed by atoms with Crippen molar-refractivity contribution in [2.45, 2.75) is 18.9 Å². The lowest BCUT2D eigenvalue weighted by atomic mass is 9.93. The van der Waals surface area contributed by atoms with E-state index in [1.54, 1.807) is 35.3 Å². The van der Waals surface area contributed by atoms with Crippen LogP contribution in [0.5, 0.6) is 0 Å². The number of hydrogen-bond donors (Lipinski definition) is 0. The van der Waals surface area contributed by atoms with Crippen LogP contribution in [0, 0.1) is 12.7 Å². The molecule has 0 unspecified atom stereocenters. The lowest BCUT2D eigenvalue weighted by molar-refractivity contribution is -0.123. The quantitative estimate of drug-likeness (QED) is 0.796. The number of halogens is 1. The van der Waals surface area contributed by atoms with E-state index in [0.717, 1.165) is 12.1 Å². The van der Waals surface area contributed by atoms with Gasteiger partial charge in [-0.15, -0.1) is 0 Å². The molecule has 2 aliphatic heterocycles. The SMILES string of the molecule is Cc1ccc(C(=O)N2CC[C@]3(C2)CN(c2ccsc2)C(=O)CN3C)cc1F. The first-order chi connectivity index (χ1) is 12.9. The van der Waals surface area contributed by atoms with E-state index in [0.29, 0.717) is 37.3 Å². The molecule has 0 aliphatic carbocycles. The van der Waals surface area contributed by atoms with Gasteiger partial charge in [-0.1, -0.05) is 6.07 Å². The fraction of sp³-hybridized carbons (Fsp3) is 0.400. The smallest absolute Gasteiger partial charge is 0.254 e. The highest BCUT2D eigenvalue weighted by atomic mass is 32.1. The molecule has 0 saturated carbocycles. The molecule has 1 aromatic heterocycles. The molecule has 2 saturated heterocycles. The second-order valence-corrected chi connectivity index (χ2v) is 8.26. The van der Waals surface area contributed by atoms with Crippen LogP contribution in [-0.4, -0.2) is 60.4 Å². The van der Waals surface area contributed by atoms with Crippen LogP contribution in [0.4, 0.5) is 10.1 Å². The first-order valence-corrected chi connectivity index (χ1v) is 9.93. The van der Waals surface area contributed by atoms with E-state index in [2.05, 4.69) is 4.90 Å². The van der Waals surface area contributed by atoms with Crippen LogP contribution < -0.4 is 4.90 Å². The average molecular weight is 387 g/mol. The standard InChI is InChI=1S/C20H22FN3O2S/c1-14-3-4-15(9-17(14)21)19(26)23-7-6-20(12-23)13-24(16-5-8-27-11-16)18(25)10-22(20)2/h3-5,8-9,11H,6-7,10,12-13H2,1-2H3/t20-/m0/s1. The van der Waals surface area contributed by atoms with Crippen LogP contribution in [0.25, 0.3) is 0 Å². The molecular weight excluding hydrogens is 365 g/mol. The Kier molecular flexibility index (Phi) is 4.52. The molecule has 5 nitrogen and oxygen atoms in total. The molecule has 2 amide bonds. The number of aryl methyl sites for hydroxylation is 1. The van der Waals surface area contributed by atoms with Gasteiger partial charge < -0.3 is 9.80 Å². The van der Waals surface area contributed by atoms with Crippen molar-refractivity contribution < 1.29 is 14.0 Å². The van der Waals surface area contributed by atoms with Crippen molar-refractivity contribution in [2.24, 2.45) is 0 Å². The van der Waals surface area contributed by atoms with E-state index in [-0.39, 0.29) is 23.2 Å². The second kappa shape index (κ2) is 6.73. The molecular formula is C20H22FN3O2S. The molecule has 0 bridgehead atoms. The van der Waals surface area contributed by atoms with Gasteiger partial charge in [0, 0.05) is 30.6 Å². The molecule has 2 aliphatic rings. The Bertz CT molecular complexity index is 885. The predicted octanol–water partition coefficient (Wildman–Crippen LogP) is 2.76. The number of amides is 2. The van der Waals surface area contributed by atoms with E-state index < -0.39 is 0 Å². The molecule has 2 fully saturated rings. The van der Waals surface area contributed by atoms with E-state index in [4.69, 9.17) is 0 Å². The molecule has 1 atom stereocenters. The van der Waals surface area contributed by atoms with Crippen molar-refractivity contribution in [3.63, 3.8) is 0 Å². The zero-order valence-corrected chi connectivity index (χ0v) is 16.3. The largest absolute Gasteiger partial charge is 0.337 e. The Morgan fingerprint density at radius 1 is 1.26 bits per heavy atom.